The normalized spacial score (nSPS) is 10.9. The minimum Gasteiger partial charge on any atom is -0.490 e. The van der Waals surface area contributed by atoms with Crippen molar-refractivity contribution in [3.05, 3.63) is 59.2 Å². The van der Waals surface area contributed by atoms with E-state index in [0.29, 0.717) is 24.2 Å². The molecule has 0 aliphatic heterocycles. The van der Waals surface area contributed by atoms with Crippen LogP contribution in [0, 0.1) is 6.92 Å². The largest absolute Gasteiger partial charge is 0.490 e. The van der Waals surface area contributed by atoms with E-state index in [0.717, 1.165) is 23.6 Å². The first kappa shape index (κ1) is 21.7. The highest BCUT2D eigenvalue weighted by Crippen LogP contribution is 2.27. The van der Waals surface area contributed by atoms with Crippen LogP contribution < -0.4 is 20.2 Å². The van der Waals surface area contributed by atoms with Gasteiger partial charge in [-0.2, -0.15) is 5.10 Å². The summed E-state index contributed by atoms with van der Waals surface area (Å²) in [6.45, 7) is 10.1. The van der Waals surface area contributed by atoms with Crippen LogP contribution in [-0.2, 0) is 0 Å². The molecule has 0 saturated carbocycles. The van der Waals surface area contributed by atoms with Crippen molar-refractivity contribution in [2.24, 2.45) is 5.10 Å². The Hall–Kier alpha value is -2.60. The van der Waals surface area contributed by atoms with Crippen LogP contribution in [0.5, 0.6) is 11.5 Å². The van der Waals surface area contributed by atoms with Gasteiger partial charge in [0, 0.05) is 6.54 Å². The van der Waals surface area contributed by atoms with Crippen molar-refractivity contribution >= 4 is 23.5 Å². The summed E-state index contributed by atoms with van der Waals surface area (Å²) in [5.41, 5.74) is 6.13. The third-order valence-corrected chi connectivity index (χ3v) is 4.23. The molecule has 0 aliphatic carbocycles. The molecule has 0 radical (unpaired) electrons. The van der Waals surface area contributed by atoms with E-state index in [1.54, 1.807) is 6.21 Å². The van der Waals surface area contributed by atoms with Gasteiger partial charge in [-0.25, -0.2) is 0 Å². The quantitative estimate of drug-likeness (QED) is 0.283. The van der Waals surface area contributed by atoms with Gasteiger partial charge in [0.25, 0.3) is 0 Å². The van der Waals surface area contributed by atoms with E-state index in [1.165, 1.54) is 11.1 Å². The molecule has 0 aromatic heterocycles. The molecule has 5 nitrogen and oxygen atoms in total. The van der Waals surface area contributed by atoms with Crippen molar-refractivity contribution in [2.45, 2.75) is 33.6 Å². The average molecular weight is 400 g/mol. The third kappa shape index (κ3) is 7.19. The summed E-state index contributed by atoms with van der Waals surface area (Å²) in [6.07, 6.45) is 1.71. The molecule has 0 amide bonds. The van der Waals surface area contributed by atoms with Gasteiger partial charge in [-0.15, -0.1) is 0 Å². The van der Waals surface area contributed by atoms with Crippen molar-refractivity contribution in [2.75, 3.05) is 19.8 Å². The summed E-state index contributed by atoms with van der Waals surface area (Å²) < 4.78 is 11.7. The third-order valence-electron chi connectivity index (χ3n) is 4.00. The predicted molar refractivity (Wildman–Crippen MR) is 120 cm³/mol. The maximum atomic E-state index is 5.95. The molecule has 0 aliphatic rings. The SMILES string of the molecule is CCNC(=S)N/N=C\c1ccc(OCCOc2cc(C)ccc2C(C)C)cc1. The summed E-state index contributed by atoms with van der Waals surface area (Å²) in [5.74, 6) is 2.16. The summed E-state index contributed by atoms with van der Waals surface area (Å²) in [4.78, 5) is 0. The van der Waals surface area contributed by atoms with Crippen LogP contribution in [0.4, 0.5) is 0 Å². The van der Waals surface area contributed by atoms with Gasteiger partial charge in [0.1, 0.15) is 24.7 Å². The molecular formula is C22H29N3O2S. The van der Waals surface area contributed by atoms with Gasteiger partial charge < -0.3 is 14.8 Å². The molecule has 2 N–H and O–H groups in total. The predicted octanol–water partition coefficient (Wildman–Crippen LogP) is 4.39. The number of nitrogens with one attached hydrogen (secondary N) is 2. The van der Waals surface area contributed by atoms with E-state index in [2.05, 4.69) is 54.8 Å². The Morgan fingerprint density at radius 1 is 1.11 bits per heavy atom. The number of hydrogen-bond donors (Lipinski definition) is 2. The van der Waals surface area contributed by atoms with E-state index in [9.17, 15) is 0 Å². The van der Waals surface area contributed by atoms with Gasteiger partial charge in [-0.1, -0.05) is 26.0 Å². The molecule has 2 aromatic carbocycles. The molecule has 0 spiro atoms. The van der Waals surface area contributed by atoms with Gasteiger partial charge in [-0.05, 0) is 79.0 Å². The first-order chi connectivity index (χ1) is 13.5. The highest BCUT2D eigenvalue weighted by molar-refractivity contribution is 7.80. The molecule has 150 valence electrons. The van der Waals surface area contributed by atoms with Crippen LogP contribution in [0.15, 0.2) is 47.6 Å². The Labute approximate surface area is 173 Å². The lowest BCUT2D eigenvalue weighted by Gasteiger charge is -2.15. The van der Waals surface area contributed by atoms with E-state index < -0.39 is 0 Å². The molecule has 2 rings (SSSR count). The minimum atomic E-state index is 0.423. The molecular weight excluding hydrogens is 370 g/mol. The van der Waals surface area contributed by atoms with E-state index in [-0.39, 0.29) is 0 Å². The fourth-order valence-electron chi connectivity index (χ4n) is 2.57. The zero-order valence-electron chi connectivity index (χ0n) is 17.0. The van der Waals surface area contributed by atoms with E-state index in [1.807, 2.05) is 31.2 Å². The zero-order valence-corrected chi connectivity index (χ0v) is 17.8. The summed E-state index contributed by atoms with van der Waals surface area (Å²) in [6, 6.07) is 14.0. The number of rotatable bonds is 9. The van der Waals surface area contributed by atoms with Gasteiger partial charge in [0.2, 0.25) is 0 Å². The van der Waals surface area contributed by atoms with Crippen LogP contribution in [0.25, 0.3) is 0 Å². The summed E-state index contributed by atoms with van der Waals surface area (Å²) >= 11 is 5.05. The lowest BCUT2D eigenvalue weighted by atomic mass is 10.0. The van der Waals surface area contributed by atoms with Gasteiger partial charge >= 0.3 is 0 Å². The number of aryl methyl sites for hydroxylation is 1. The first-order valence-electron chi connectivity index (χ1n) is 9.52. The molecule has 2 aromatic rings. The summed E-state index contributed by atoms with van der Waals surface area (Å²) in [5, 5.41) is 7.56. The van der Waals surface area contributed by atoms with E-state index in [4.69, 9.17) is 21.7 Å². The molecule has 0 atom stereocenters. The maximum absolute atomic E-state index is 5.95. The number of thiocarbonyl (C=S) groups is 1. The maximum Gasteiger partial charge on any atom is 0.186 e. The Balaban J connectivity index is 1.79. The molecule has 0 saturated heterocycles. The Morgan fingerprint density at radius 2 is 1.82 bits per heavy atom. The molecule has 6 heteroatoms. The van der Waals surface area contributed by atoms with Crippen molar-refractivity contribution in [1.29, 1.82) is 0 Å². The van der Waals surface area contributed by atoms with Crippen molar-refractivity contribution < 1.29 is 9.47 Å². The monoisotopic (exact) mass is 399 g/mol. The average Bonchev–Trinajstić information content (AvgIpc) is 2.66. The Kier molecular flexibility index (Phi) is 8.75. The van der Waals surface area contributed by atoms with E-state index >= 15 is 0 Å². The second-order valence-electron chi connectivity index (χ2n) is 6.69. The fraction of sp³-hybridized carbons (Fsp3) is 0.364. The van der Waals surface area contributed by atoms with Crippen molar-refractivity contribution in [3.8, 4) is 11.5 Å². The first-order valence-corrected chi connectivity index (χ1v) is 9.93. The van der Waals surface area contributed by atoms with Crippen LogP contribution in [0.1, 0.15) is 43.4 Å². The number of benzene rings is 2. The highest BCUT2D eigenvalue weighted by atomic mass is 32.1. The lowest BCUT2D eigenvalue weighted by molar-refractivity contribution is 0.215. The smallest absolute Gasteiger partial charge is 0.186 e. The molecule has 28 heavy (non-hydrogen) atoms. The van der Waals surface area contributed by atoms with Gasteiger partial charge in [0.15, 0.2) is 5.11 Å². The fourth-order valence-corrected chi connectivity index (χ4v) is 2.77. The Morgan fingerprint density at radius 3 is 2.50 bits per heavy atom. The number of nitrogens with zero attached hydrogens (tertiary/aromatic N) is 1. The standard InChI is InChI=1S/C22H29N3O2S/c1-5-23-22(28)25-24-15-18-7-9-19(10-8-18)26-12-13-27-21-14-17(4)6-11-20(21)16(2)3/h6-11,14-16H,5,12-13H2,1-4H3,(H2,23,25,28)/b24-15-. The molecule has 0 fully saturated rings. The Bertz CT molecular complexity index is 789. The lowest BCUT2D eigenvalue weighted by Crippen LogP contribution is -2.31. The van der Waals surface area contributed by atoms with Crippen molar-refractivity contribution in [3.63, 3.8) is 0 Å². The number of ether oxygens (including phenoxy) is 2. The van der Waals surface area contributed by atoms with Crippen molar-refractivity contribution in [1.82, 2.24) is 10.7 Å². The minimum absolute atomic E-state index is 0.423. The van der Waals surface area contributed by atoms with Gasteiger partial charge in [-0.3, -0.25) is 5.43 Å². The van der Waals surface area contributed by atoms with Crippen LogP contribution >= 0.6 is 12.2 Å². The van der Waals surface area contributed by atoms with Crippen LogP contribution in [0.2, 0.25) is 0 Å². The van der Waals surface area contributed by atoms with Crippen LogP contribution in [-0.4, -0.2) is 31.1 Å². The van der Waals surface area contributed by atoms with Gasteiger partial charge in [0.05, 0.1) is 6.21 Å². The second-order valence-corrected chi connectivity index (χ2v) is 7.10. The second kappa shape index (κ2) is 11.3. The molecule has 0 heterocycles. The van der Waals surface area contributed by atoms with Crippen LogP contribution in [0.3, 0.4) is 0 Å². The number of hydrazone groups is 1. The number of hydrogen-bond acceptors (Lipinski definition) is 4. The highest BCUT2D eigenvalue weighted by Gasteiger charge is 2.08. The molecule has 0 unspecified atom stereocenters. The summed E-state index contributed by atoms with van der Waals surface area (Å²) in [7, 11) is 0. The topological polar surface area (TPSA) is 54.9 Å². The molecule has 0 bridgehead atoms. The zero-order chi connectivity index (χ0) is 20.4.